The average molecular weight is 518 g/mol. The molecular weight excluding hydrogens is 486 g/mol. The Morgan fingerprint density at radius 2 is 1.76 bits per heavy atom. The molecule has 1 fully saturated rings. The van der Waals surface area contributed by atoms with Crippen LogP contribution in [0.15, 0.2) is 42.5 Å². The van der Waals surface area contributed by atoms with Crippen LogP contribution in [0.5, 0.6) is 0 Å². The van der Waals surface area contributed by atoms with Crippen LogP contribution in [0.4, 0.5) is 10.8 Å². The molecule has 2 aliphatic rings. The normalized spacial score (nSPS) is 15.5. The van der Waals surface area contributed by atoms with Gasteiger partial charge in [0, 0.05) is 61.3 Å². The first-order valence-corrected chi connectivity index (χ1v) is 13.4. The first kappa shape index (κ1) is 25.1. The van der Waals surface area contributed by atoms with Gasteiger partial charge in [0.2, 0.25) is 11.8 Å². The van der Waals surface area contributed by atoms with Gasteiger partial charge in [-0.3, -0.25) is 19.3 Å². The number of fused-ring (bicyclic) bond motifs is 1. The van der Waals surface area contributed by atoms with Gasteiger partial charge in [-0.25, -0.2) is 4.98 Å². The van der Waals surface area contributed by atoms with E-state index in [2.05, 4.69) is 16.3 Å². The summed E-state index contributed by atoms with van der Waals surface area (Å²) in [6, 6.07) is 13.8. The number of carbonyl (C=O) groups excluding carboxylic acids is 3. The van der Waals surface area contributed by atoms with Crippen LogP contribution in [0.3, 0.4) is 0 Å². The molecule has 0 saturated carbocycles. The maximum Gasteiger partial charge on any atom is 0.258 e. The monoisotopic (exact) mass is 517 g/mol. The summed E-state index contributed by atoms with van der Waals surface area (Å²) in [6.45, 7) is 9.15. The Labute approximate surface area is 220 Å². The maximum absolute atomic E-state index is 13.2. The fourth-order valence-electron chi connectivity index (χ4n) is 5.02. The summed E-state index contributed by atoms with van der Waals surface area (Å²) in [5.74, 6) is 0.00470. The molecule has 8 nitrogen and oxygen atoms in total. The number of hydrogen-bond donors (Lipinski definition) is 1. The van der Waals surface area contributed by atoms with Crippen molar-refractivity contribution in [3.05, 3.63) is 64.0 Å². The smallest absolute Gasteiger partial charge is 0.258 e. The van der Waals surface area contributed by atoms with Gasteiger partial charge in [-0.05, 0) is 49.6 Å². The molecule has 3 amide bonds. The zero-order valence-electron chi connectivity index (χ0n) is 21.4. The lowest BCUT2D eigenvalue weighted by Gasteiger charge is -2.33. The molecule has 3 heterocycles. The quantitative estimate of drug-likeness (QED) is 0.557. The van der Waals surface area contributed by atoms with E-state index in [4.69, 9.17) is 4.98 Å². The van der Waals surface area contributed by atoms with E-state index in [1.165, 1.54) is 11.3 Å². The Balaban J connectivity index is 1.25. The maximum atomic E-state index is 13.2. The van der Waals surface area contributed by atoms with Gasteiger partial charge >= 0.3 is 0 Å². The SMILES string of the molecule is CC(=O)N1CCN(CC(=O)Nc2nc(-c3ccc4c(c3)CCN4C(=O)c3ccccc3C)c(C)s2)CC1. The van der Waals surface area contributed by atoms with Crippen molar-refractivity contribution >= 4 is 39.9 Å². The van der Waals surface area contributed by atoms with Crippen LogP contribution in [-0.2, 0) is 16.0 Å². The van der Waals surface area contributed by atoms with Gasteiger partial charge in [-0.15, -0.1) is 11.3 Å². The van der Waals surface area contributed by atoms with Crippen molar-refractivity contribution in [1.29, 1.82) is 0 Å². The van der Waals surface area contributed by atoms with Crippen molar-refractivity contribution < 1.29 is 14.4 Å². The third kappa shape index (κ3) is 5.28. The van der Waals surface area contributed by atoms with Gasteiger partial charge in [0.25, 0.3) is 5.91 Å². The third-order valence-corrected chi connectivity index (χ3v) is 7.98. The molecule has 0 atom stereocenters. The van der Waals surface area contributed by atoms with E-state index in [-0.39, 0.29) is 24.3 Å². The summed E-state index contributed by atoms with van der Waals surface area (Å²) in [5.41, 5.74) is 5.62. The highest BCUT2D eigenvalue weighted by Gasteiger charge is 2.27. The highest BCUT2D eigenvalue weighted by Crippen LogP contribution is 2.36. The molecule has 1 saturated heterocycles. The number of carbonyl (C=O) groups is 3. The van der Waals surface area contributed by atoms with Crippen LogP contribution >= 0.6 is 11.3 Å². The summed E-state index contributed by atoms with van der Waals surface area (Å²) in [7, 11) is 0. The molecule has 1 aromatic heterocycles. The van der Waals surface area contributed by atoms with Crippen molar-refractivity contribution in [1.82, 2.24) is 14.8 Å². The van der Waals surface area contributed by atoms with Crippen LogP contribution in [0.2, 0.25) is 0 Å². The number of piperazine rings is 1. The van der Waals surface area contributed by atoms with Crippen LogP contribution < -0.4 is 10.2 Å². The average Bonchev–Trinajstić information content (AvgIpc) is 3.46. The summed E-state index contributed by atoms with van der Waals surface area (Å²) < 4.78 is 0. The van der Waals surface area contributed by atoms with E-state index >= 15 is 0 Å². The van der Waals surface area contributed by atoms with Gasteiger partial charge in [0.1, 0.15) is 0 Å². The molecule has 0 radical (unpaired) electrons. The van der Waals surface area contributed by atoms with Crippen molar-refractivity contribution in [3.63, 3.8) is 0 Å². The topological polar surface area (TPSA) is 85.8 Å². The Kier molecular flexibility index (Phi) is 7.08. The molecule has 0 aliphatic carbocycles. The number of nitrogens with one attached hydrogen (secondary N) is 1. The predicted molar refractivity (Wildman–Crippen MR) is 146 cm³/mol. The number of amides is 3. The van der Waals surface area contributed by atoms with Crippen molar-refractivity contribution in [3.8, 4) is 11.3 Å². The zero-order chi connectivity index (χ0) is 26.1. The molecule has 1 N–H and O–H groups in total. The number of benzene rings is 2. The fraction of sp³-hybridized carbons (Fsp3) is 0.357. The predicted octanol–water partition coefficient (Wildman–Crippen LogP) is 3.73. The molecule has 2 aliphatic heterocycles. The number of nitrogens with zero attached hydrogens (tertiary/aromatic N) is 4. The largest absolute Gasteiger partial charge is 0.340 e. The summed E-state index contributed by atoms with van der Waals surface area (Å²) in [6.07, 6.45) is 0.796. The van der Waals surface area contributed by atoms with Crippen LogP contribution in [-0.4, -0.2) is 71.8 Å². The van der Waals surface area contributed by atoms with Crippen LogP contribution in [0.1, 0.15) is 33.3 Å². The minimum atomic E-state index is -0.101. The lowest BCUT2D eigenvalue weighted by molar-refractivity contribution is -0.130. The van der Waals surface area contributed by atoms with E-state index in [1.807, 2.05) is 55.1 Å². The third-order valence-electron chi connectivity index (χ3n) is 7.10. The van der Waals surface area contributed by atoms with Gasteiger partial charge in [0.05, 0.1) is 12.2 Å². The molecule has 0 spiro atoms. The molecule has 37 heavy (non-hydrogen) atoms. The minimum Gasteiger partial charge on any atom is -0.340 e. The zero-order valence-corrected chi connectivity index (χ0v) is 22.2. The second kappa shape index (κ2) is 10.4. The van der Waals surface area contributed by atoms with E-state index in [0.717, 1.165) is 44.9 Å². The molecule has 0 unspecified atom stereocenters. The van der Waals surface area contributed by atoms with Crippen molar-refractivity contribution in [2.45, 2.75) is 27.2 Å². The number of aryl methyl sites for hydroxylation is 2. The molecule has 0 bridgehead atoms. The number of rotatable bonds is 5. The van der Waals surface area contributed by atoms with Crippen LogP contribution in [0.25, 0.3) is 11.3 Å². The number of hydrogen-bond acceptors (Lipinski definition) is 6. The molecule has 2 aromatic carbocycles. The van der Waals surface area contributed by atoms with E-state index in [9.17, 15) is 14.4 Å². The molecule has 3 aromatic rings. The Bertz CT molecular complexity index is 1360. The fourth-order valence-corrected chi connectivity index (χ4v) is 5.87. The summed E-state index contributed by atoms with van der Waals surface area (Å²) in [4.78, 5) is 48.8. The number of anilines is 2. The second-order valence-corrected chi connectivity index (χ2v) is 10.8. The van der Waals surface area contributed by atoms with Gasteiger partial charge < -0.3 is 15.1 Å². The summed E-state index contributed by atoms with van der Waals surface area (Å²) >= 11 is 1.46. The summed E-state index contributed by atoms with van der Waals surface area (Å²) in [5, 5.41) is 3.53. The standard InChI is InChI=1S/C28H31N5O3S/c1-18-6-4-5-7-23(18)27(36)33-11-10-21-16-22(8-9-24(21)33)26-19(2)37-28(30-26)29-25(35)17-31-12-14-32(15-13-31)20(3)34/h4-9,16H,10-15,17H2,1-3H3,(H,29,30,35). The second-order valence-electron chi connectivity index (χ2n) is 9.62. The minimum absolute atomic E-state index is 0.0298. The molecule has 5 rings (SSSR count). The highest BCUT2D eigenvalue weighted by atomic mass is 32.1. The first-order valence-electron chi connectivity index (χ1n) is 12.6. The van der Waals surface area contributed by atoms with Gasteiger partial charge in [-0.2, -0.15) is 0 Å². The Morgan fingerprint density at radius 3 is 2.49 bits per heavy atom. The van der Waals surface area contributed by atoms with Gasteiger partial charge in [0.15, 0.2) is 5.13 Å². The Morgan fingerprint density at radius 1 is 1.00 bits per heavy atom. The lowest BCUT2D eigenvalue weighted by Crippen LogP contribution is -2.49. The molecular formula is C28H31N5O3S. The van der Waals surface area contributed by atoms with E-state index in [0.29, 0.717) is 37.9 Å². The van der Waals surface area contributed by atoms with E-state index < -0.39 is 0 Å². The van der Waals surface area contributed by atoms with Crippen LogP contribution in [0, 0.1) is 13.8 Å². The first-order chi connectivity index (χ1) is 17.8. The molecule has 192 valence electrons. The van der Waals surface area contributed by atoms with Crippen molar-refractivity contribution in [2.24, 2.45) is 0 Å². The Hall–Kier alpha value is -3.56. The van der Waals surface area contributed by atoms with Crippen molar-refractivity contribution in [2.75, 3.05) is 49.5 Å². The number of thiazole rings is 1. The van der Waals surface area contributed by atoms with E-state index in [1.54, 1.807) is 11.8 Å². The number of aromatic nitrogens is 1. The molecule has 9 heteroatoms. The lowest BCUT2D eigenvalue weighted by atomic mass is 10.0. The van der Waals surface area contributed by atoms with Gasteiger partial charge in [-0.1, -0.05) is 24.3 Å². The highest BCUT2D eigenvalue weighted by molar-refractivity contribution is 7.16.